The molecule has 0 saturated carbocycles. The lowest BCUT2D eigenvalue weighted by Crippen LogP contribution is -2.31. The molecule has 2 rings (SSSR count). The lowest BCUT2D eigenvalue weighted by atomic mass is 10.1. The van der Waals surface area contributed by atoms with E-state index in [-0.39, 0.29) is 5.91 Å². The Balaban J connectivity index is 1.84. The predicted octanol–water partition coefficient (Wildman–Crippen LogP) is 2.99. The predicted molar refractivity (Wildman–Crippen MR) is 87.9 cm³/mol. The highest BCUT2D eigenvalue weighted by Crippen LogP contribution is 2.26. The van der Waals surface area contributed by atoms with Gasteiger partial charge in [-0.3, -0.25) is 9.69 Å². The summed E-state index contributed by atoms with van der Waals surface area (Å²) in [7, 11) is 0. The number of hydrogen-bond acceptors (Lipinski definition) is 3. The highest BCUT2D eigenvalue weighted by molar-refractivity contribution is 6.35. The molecule has 0 bridgehead atoms. The summed E-state index contributed by atoms with van der Waals surface area (Å²) < 4.78 is 0. The first-order valence-corrected chi connectivity index (χ1v) is 7.94. The molecule has 1 aromatic rings. The van der Waals surface area contributed by atoms with Crippen LogP contribution in [0.25, 0.3) is 0 Å². The molecule has 4 nitrogen and oxygen atoms in total. The Morgan fingerprint density at radius 1 is 1.48 bits per heavy atom. The third kappa shape index (κ3) is 4.58. The highest BCUT2D eigenvalue weighted by atomic mass is 35.5. The molecule has 2 unspecified atom stereocenters. The van der Waals surface area contributed by atoms with E-state index < -0.39 is 0 Å². The van der Waals surface area contributed by atoms with E-state index in [9.17, 15) is 4.79 Å². The topological polar surface area (TPSA) is 58.4 Å². The molecule has 116 valence electrons. The molecule has 21 heavy (non-hydrogen) atoms. The molecule has 6 heteroatoms. The monoisotopic (exact) mass is 329 g/mol. The molecule has 1 saturated heterocycles. The summed E-state index contributed by atoms with van der Waals surface area (Å²) in [6.45, 7) is 4.61. The fourth-order valence-electron chi connectivity index (χ4n) is 2.75. The van der Waals surface area contributed by atoms with Crippen LogP contribution in [0.2, 0.25) is 10.0 Å². The van der Waals surface area contributed by atoms with Crippen molar-refractivity contribution < 1.29 is 4.79 Å². The van der Waals surface area contributed by atoms with Gasteiger partial charge >= 0.3 is 0 Å². The van der Waals surface area contributed by atoms with Gasteiger partial charge in [-0.25, -0.2) is 0 Å². The molecule has 0 radical (unpaired) electrons. The summed E-state index contributed by atoms with van der Waals surface area (Å²) in [5, 5.41) is 3.85. The molecular formula is C15H21Cl2N3O. The molecule has 2 atom stereocenters. The maximum atomic E-state index is 12.0. The van der Waals surface area contributed by atoms with E-state index in [0.717, 1.165) is 19.5 Å². The van der Waals surface area contributed by atoms with E-state index in [1.165, 1.54) is 0 Å². The third-order valence-corrected chi connectivity index (χ3v) is 4.52. The van der Waals surface area contributed by atoms with E-state index in [4.69, 9.17) is 28.9 Å². The molecule has 1 aromatic carbocycles. The van der Waals surface area contributed by atoms with E-state index in [2.05, 4.69) is 17.1 Å². The van der Waals surface area contributed by atoms with Gasteiger partial charge < -0.3 is 11.1 Å². The molecule has 1 fully saturated rings. The van der Waals surface area contributed by atoms with Crippen LogP contribution in [0.15, 0.2) is 18.2 Å². The van der Waals surface area contributed by atoms with Gasteiger partial charge in [-0.05, 0) is 44.0 Å². The van der Waals surface area contributed by atoms with Crippen LogP contribution in [0, 0.1) is 5.92 Å². The van der Waals surface area contributed by atoms with Crippen molar-refractivity contribution in [3.05, 3.63) is 28.2 Å². The van der Waals surface area contributed by atoms with Crippen LogP contribution in [-0.2, 0) is 4.79 Å². The Kier molecular flexibility index (Phi) is 5.88. The quantitative estimate of drug-likeness (QED) is 0.873. The number of anilines is 1. The third-order valence-electron chi connectivity index (χ3n) is 3.95. The number of nitrogens with one attached hydrogen (secondary N) is 1. The van der Waals surface area contributed by atoms with Gasteiger partial charge in [0, 0.05) is 30.6 Å². The molecule has 3 N–H and O–H groups in total. The molecular weight excluding hydrogens is 309 g/mol. The SMILES string of the molecule is CC1CC(CN)CN1CCC(=O)Nc1cc(Cl)ccc1Cl. The second-order valence-corrected chi connectivity index (χ2v) is 6.45. The van der Waals surface area contributed by atoms with Crippen LogP contribution in [0.3, 0.4) is 0 Å². The number of nitrogens with zero attached hydrogens (tertiary/aromatic N) is 1. The van der Waals surface area contributed by atoms with Crippen molar-refractivity contribution in [3.8, 4) is 0 Å². The van der Waals surface area contributed by atoms with Crippen LogP contribution < -0.4 is 11.1 Å². The van der Waals surface area contributed by atoms with Crippen molar-refractivity contribution in [2.75, 3.05) is 25.0 Å². The first-order chi connectivity index (χ1) is 9.99. The first kappa shape index (κ1) is 16.6. The summed E-state index contributed by atoms with van der Waals surface area (Å²) in [6.07, 6.45) is 1.54. The number of amides is 1. The number of benzene rings is 1. The molecule has 0 aliphatic carbocycles. The van der Waals surface area contributed by atoms with E-state index in [1.54, 1.807) is 18.2 Å². The number of carbonyl (C=O) groups excluding carboxylic acids is 1. The van der Waals surface area contributed by atoms with Gasteiger partial charge in [0.05, 0.1) is 10.7 Å². The minimum Gasteiger partial charge on any atom is -0.330 e. The van der Waals surface area contributed by atoms with Crippen LogP contribution in [0.4, 0.5) is 5.69 Å². The molecule has 1 aliphatic heterocycles. The van der Waals surface area contributed by atoms with E-state index in [1.807, 2.05) is 0 Å². The summed E-state index contributed by atoms with van der Waals surface area (Å²) >= 11 is 11.9. The van der Waals surface area contributed by atoms with Crippen LogP contribution in [0.5, 0.6) is 0 Å². The van der Waals surface area contributed by atoms with Crippen molar-refractivity contribution in [3.63, 3.8) is 0 Å². The minimum absolute atomic E-state index is 0.0532. The lowest BCUT2D eigenvalue weighted by Gasteiger charge is -2.20. The Morgan fingerprint density at radius 2 is 2.24 bits per heavy atom. The van der Waals surface area contributed by atoms with Gasteiger partial charge in [0.2, 0.25) is 5.91 Å². The molecule has 1 heterocycles. The first-order valence-electron chi connectivity index (χ1n) is 7.18. The van der Waals surface area contributed by atoms with Gasteiger partial charge in [0.15, 0.2) is 0 Å². The smallest absolute Gasteiger partial charge is 0.225 e. The van der Waals surface area contributed by atoms with Gasteiger partial charge in [0.25, 0.3) is 0 Å². The van der Waals surface area contributed by atoms with Crippen molar-refractivity contribution in [2.24, 2.45) is 11.7 Å². The zero-order valence-corrected chi connectivity index (χ0v) is 13.6. The Morgan fingerprint density at radius 3 is 2.90 bits per heavy atom. The summed E-state index contributed by atoms with van der Waals surface area (Å²) in [5.41, 5.74) is 6.27. The van der Waals surface area contributed by atoms with Crippen molar-refractivity contribution >= 4 is 34.8 Å². The number of rotatable bonds is 5. The maximum Gasteiger partial charge on any atom is 0.225 e. The average Bonchev–Trinajstić information content (AvgIpc) is 2.81. The Labute approximate surface area is 135 Å². The average molecular weight is 330 g/mol. The lowest BCUT2D eigenvalue weighted by molar-refractivity contribution is -0.116. The Bertz CT molecular complexity index is 510. The summed E-state index contributed by atoms with van der Waals surface area (Å²) in [5.74, 6) is 0.494. The fourth-order valence-corrected chi connectivity index (χ4v) is 3.09. The molecule has 0 aromatic heterocycles. The van der Waals surface area contributed by atoms with Crippen molar-refractivity contribution in [2.45, 2.75) is 25.8 Å². The maximum absolute atomic E-state index is 12.0. The number of hydrogen-bond donors (Lipinski definition) is 2. The highest BCUT2D eigenvalue weighted by Gasteiger charge is 2.27. The van der Waals surface area contributed by atoms with E-state index in [0.29, 0.717) is 40.7 Å². The van der Waals surface area contributed by atoms with Crippen LogP contribution >= 0.6 is 23.2 Å². The van der Waals surface area contributed by atoms with Crippen molar-refractivity contribution in [1.82, 2.24) is 4.90 Å². The van der Waals surface area contributed by atoms with Crippen LogP contribution in [0.1, 0.15) is 19.8 Å². The molecule has 1 amide bonds. The number of halogens is 2. The van der Waals surface area contributed by atoms with Gasteiger partial charge in [0.1, 0.15) is 0 Å². The standard InChI is InChI=1S/C15H21Cl2N3O/c1-10-6-11(8-18)9-20(10)5-4-15(21)19-14-7-12(16)2-3-13(14)17/h2-3,7,10-11H,4-6,8-9,18H2,1H3,(H,19,21). The minimum atomic E-state index is -0.0532. The van der Waals surface area contributed by atoms with Gasteiger partial charge in [-0.15, -0.1) is 0 Å². The zero-order chi connectivity index (χ0) is 15.4. The summed E-state index contributed by atoms with van der Waals surface area (Å²) in [4.78, 5) is 14.3. The number of nitrogens with two attached hydrogens (primary N) is 1. The van der Waals surface area contributed by atoms with Crippen molar-refractivity contribution in [1.29, 1.82) is 0 Å². The normalized spacial score (nSPS) is 22.5. The summed E-state index contributed by atoms with van der Waals surface area (Å²) in [6, 6.07) is 5.51. The number of carbonyl (C=O) groups is 1. The van der Waals surface area contributed by atoms with Crippen LogP contribution in [-0.4, -0.2) is 36.5 Å². The van der Waals surface area contributed by atoms with Gasteiger partial charge in [-0.2, -0.15) is 0 Å². The van der Waals surface area contributed by atoms with E-state index >= 15 is 0 Å². The Hall–Kier alpha value is -0.810. The largest absolute Gasteiger partial charge is 0.330 e. The zero-order valence-electron chi connectivity index (χ0n) is 12.1. The molecule has 0 spiro atoms. The fraction of sp³-hybridized carbons (Fsp3) is 0.533. The molecule has 1 aliphatic rings. The second-order valence-electron chi connectivity index (χ2n) is 5.60. The second kappa shape index (κ2) is 7.45. The van der Waals surface area contributed by atoms with Gasteiger partial charge in [-0.1, -0.05) is 23.2 Å². The number of likely N-dealkylation sites (tertiary alicyclic amines) is 1.